The lowest BCUT2D eigenvalue weighted by Crippen LogP contribution is -2.35. The SMILES string of the molecule is CCOc1ccc(NC(=O)CN(C)C(=O)Cc2coc3cc(C)ccc23)cc1OCC. The molecule has 0 saturated carbocycles. The first-order valence-corrected chi connectivity index (χ1v) is 10.3. The van der Waals surface area contributed by atoms with Crippen LogP contribution in [-0.4, -0.2) is 43.5 Å². The molecule has 164 valence electrons. The van der Waals surface area contributed by atoms with Gasteiger partial charge in [-0.05, 0) is 44.5 Å². The molecule has 0 aliphatic rings. The van der Waals surface area contributed by atoms with Crippen molar-refractivity contribution >= 4 is 28.5 Å². The van der Waals surface area contributed by atoms with Crippen LogP contribution >= 0.6 is 0 Å². The summed E-state index contributed by atoms with van der Waals surface area (Å²) in [5, 5.41) is 3.72. The Bertz CT molecular complexity index is 1070. The molecule has 31 heavy (non-hydrogen) atoms. The van der Waals surface area contributed by atoms with Crippen molar-refractivity contribution in [1.82, 2.24) is 4.90 Å². The highest BCUT2D eigenvalue weighted by atomic mass is 16.5. The van der Waals surface area contributed by atoms with Gasteiger partial charge in [-0.3, -0.25) is 9.59 Å². The third kappa shape index (κ3) is 5.57. The maximum absolute atomic E-state index is 12.6. The molecule has 3 aromatic rings. The van der Waals surface area contributed by atoms with E-state index in [4.69, 9.17) is 13.9 Å². The smallest absolute Gasteiger partial charge is 0.243 e. The summed E-state index contributed by atoms with van der Waals surface area (Å²) in [5.74, 6) is 0.723. The lowest BCUT2D eigenvalue weighted by molar-refractivity contribution is -0.132. The number of likely N-dealkylation sites (N-methyl/N-ethyl adjacent to an activating group) is 1. The zero-order valence-corrected chi connectivity index (χ0v) is 18.4. The van der Waals surface area contributed by atoms with Crippen LogP contribution in [0.25, 0.3) is 11.0 Å². The fourth-order valence-corrected chi connectivity index (χ4v) is 3.26. The summed E-state index contributed by atoms with van der Waals surface area (Å²) in [4.78, 5) is 26.5. The highest BCUT2D eigenvalue weighted by molar-refractivity contribution is 5.95. The quantitative estimate of drug-likeness (QED) is 0.557. The van der Waals surface area contributed by atoms with E-state index in [1.165, 1.54) is 4.90 Å². The average molecular weight is 424 g/mol. The Morgan fingerprint density at radius 3 is 2.52 bits per heavy atom. The fourth-order valence-electron chi connectivity index (χ4n) is 3.26. The van der Waals surface area contributed by atoms with Crippen LogP contribution in [-0.2, 0) is 16.0 Å². The molecule has 7 nitrogen and oxygen atoms in total. The molecule has 0 fully saturated rings. The topological polar surface area (TPSA) is 81.0 Å². The largest absolute Gasteiger partial charge is 0.490 e. The molecule has 3 rings (SSSR count). The van der Waals surface area contributed by atoms with E-state index in [-0.39, 0.29) is 24.8 Å². The number of hydrogen-bond donors (Lipinski definition) is 1. The molecule has 0 atom stereocenters. The third-order valence-electron chi connectivity index (χ3n) is 4.79. The molecule has 0 saturated heterocycles. The monoisotopic (exact) mass is 424 g/mol. The zero-order valence-electron chi connectivity index (χ0n) is 18.4. The highest BCUT2D eigenvalue weighted by Crippen LogP contribution is 2.30. The van der Waals surface area contributed by atoms with Crippen molar-refractivity contribution in [3.63, 3.8) is 0 Å². The molecular weight excluding hydrogens is 396 g/mol. The van der Waals surface area contributed by atoms with Crippen molar-refractivity contribution in [2.24, 2.45) is 0 Å². The summed E-state index contributed by atoms with van der Waals surface area (Å²) in [6.45, 7) is 6.70. The second kappa shape index (κ2) is 10.0. The van der Waals surface area contributed by atoms with E-state index >= 15 is 0 Å². The van der Waals surface area contributed by atoms with E-state index in [0.717, 1.165) is 22.1 Å². The van der Waals surface area contributed by atoms with Gasteiger partial charge in [-0.1, -0.05) is 12.1 Å². The summed E-state index contributed by atoms with van der Waals surface area (Å²) in [5.41, 5.74) is 3.23. The molecule has 0 aliphatic carbocycles. The number of rotatable bonds is 9. The maximum atomic E-state index is 12.6. The van der Waals surface area contributed by atoms with Crippen LogP contribution in [0.4, 0.5) is 5.69 Å². The number of furan rings is 1. The number of nitrogens with zero attached hydrogens (tertiary/aromatic N) is 1. The summed E-state index contributed by atoms with van der Waals surface area (Å²) >= 11 is 0. The minimum atomic E-state index is -0.296. The molecule has 0 radical (unpaired) electrons. The number of aryl methyl sites for hydroxylation is 1. The maximum Gasteiger partial charge on any atom is 0.243 e. The first kappa shape index (κ1) is 22.2. The molecule has 0 aliphatic heterocycles. The molecule has 1 heterocycles. The van der Waals surface area contributed by atoms with Gasteiger partial charge in [0.1, 0.15) is 5.58 Å². The van der Waals surface area contributed by atoms with E-state index in [2.05, 4.69) is 5.32 Å². The van der Waals surface area contributed by atoms with Crippen LogP contribution in [0.3, 0.4) is 0 Å². The van der Waals surface area contributed by atoms with Crippen LogP contribution in [0.1, 0.15) is 25.0 Å². The van der Waals surface area contributed by atoms with E-state index in [0.29, 0.717) is 30.4 Å². The number of fused-ring (bicyclic) bond motifs is 1. The number of ether oxygens (including phenoxy) is 2. The number of benzene rings is 2. The van der Waals surface area contributed by atoms with Gasteiger partial charge >= 0.3 is 0 Å². The Hall–Kier alpha value is -3.48. The highest BCUT2D eigenvalue weighted by Gasteiger charge is 2.17. The minimum absolute atomic E-state index is 0.0646. The van der Waals surface area contributed by atoms with Crippen LogP contribution < -0.4 is 14.8 Å². The summed E-state index contributed by atoms with van der Waals surface area (Å²) in [6, 6.07) is 11.1. The Morgan fingerprint density at radius 1 is 1.03 bits per heavy atom. The van der Waals surface area contributed by atoms with Crippen LogP contribution in [0.15, 0.2) is 47.1 Å². The predicted octanol–water partition coefficient (Wildman–Crippen LogP) is 4.18. The van der Waals surface area contributed by atoms with Crippen molar-refractivity contribution < 1.29 is 23.5 Å². The minimum Gasteiger partial charge on any atom is -0.490 e. The third-order valence-corrected chi connectivity index (χ3v) is 4.79. The summed E-state index contributed by atoms with van der Waals surface area (Å²) in [7, 11) is 1.61. The number of carbonyl (C=O) groups excluding carboxylic acids is 2. The Labute approximate surface area is 181 Å². The normalized spacial score (nSPS) is 10.7. The van der Waals surface area contributed by atoms with Gasteiger partial charge in [0.05, 0.1) is 32.4 Å². The van der Waals surface area contributed by atoms with Gasteiger partial charge in [-0.25, -0.2) is 0 Å². The van der Waals surface area contributed by atoms with E-state index in [1.54, 1.807) is 31.5 Å². The molecule has 1 aromatic heterocycles. The second-order valence-corrected chi connectivity index (χ2v) is 7.26. The van der Waals surface area contributed by atoms with E-state index < -0.39 is 0 Å². The van der Waals surface area contributed by atoms with Crippen LogP contribution in [0.2, 0.25) is 0 Å². The first-order valence-electron chi connectivity index (χ1n) is 10.3. The first-order chi connectivity index (χ1) is 14.9. The molecule has 0 spiro atoms. The average Bonchev–Trinajstić information content (AvgIpc) is 3.11. The molecule has 2 amide bonds. The molecule has 7 heteroatoms. The number of hydrogen-bond acceptors (Lipinski definition) is 5. The molecule has 0 unspecified atom stereocenters. The van der Waals surface area contributed by atoms with Gasteiger partial charge in [-0.15, -0.1) is 0 Å². The van der Waals surface area contributed by atoms with Gasteiger partial charge in [0.15, 0.2) is 11.5 Å². The molecule has 1 N–H and O–H groups in total. The fraction of sp³-hybridized carbons (Fsp3) is 0.333. The van der Waals surface area contributed by atoms with Gasteiger partial charge < -0.3 is 24.1 Å². The standard InChI is InChI=1S/C24H28N2O5/c1-5-29-20-10-8-18(13-22(20)30-6-2)25-23(27)14-26(4)24(28)12-17-15-31-21-11-16(3)7-9-19(17)21/h7-11,13,15H,5-6,12,14H2,1-4H3,(H,25,27). The van der Waals surface area contributed by atoms with Crippen molar-refractivity contribution in [1.29, 1.82) is 0 Å². The molecule has 2 aromatic carbocycles. The van der Waals surface area contributed by atoms with Gasteiger partial charge in [0.2, 0.25) is 11.8 Å². The second-order valence-electron chi connectivity index (χ2n) is 7.26. The Kier molecular flexibility index (Phi) is 7.18. The summed E-state index contributed by atoms with van der Waals surface area (Å²) in [6.07, 6.45) is 1.77. The van der Waals surface area contributed by atoms with Crippen molar-refractivity contribution in [2.45, 2.75) is 27.2 Å². The van der Waals surface area contributed by atoms with Gasteiger partial charge in [0.25, 0.3) is 0 Å². The van der Waals surface area contributed by atoms with Crippen molar-refractivity contribution in [3.8, 4) is 11.5 Å². The van der Waals surface area contributed by atoms with Gasteiger partial charge in [-0.2, -0.15) is 0 Å². The van der Waals surface area contributed by atoms with E-state index in [9.17, 15) is 9.59 Å². The van der Waals surface area contributed by atoms with Crippen LogP contribution in [0, 0.1) is 6.92 Å². The number of nitrogens with one attached hydrogen (secondary N) is 1. The Morgan fingerprint density at radius 2 is 1.77 bits per heavy atom. The van der Waals surface area contributed by atoms with Gasteiger partial charge in [0, 0.05) is 29.8 Å². The van der Waals surface area contributed by atoms with Crippen molar-refractivity contribution in [2.75, 3.05) is 32.1 Å². The molecule has 0 bridgehead atoms. The number of carbonyl (C=O) groups is 2. The zero-order chi connectivity index (χ0) is 22.4. The lowest BCUT2D eigenvalue weighted by Gasteiger charge is -2.17. The predicted molar refractivity (Wildman–Crippen MR) is 120 cm³/mol. The summed E-state index contributed by atoms with van der Waals surface area (Å²) < 4.78 is 16.7. The van der Waals surface area contributed by atoms with Crippen molar-refractivity contribution in [3.05, 3.63) is 53.8 Å². The van der Waals surface area contributed by atoms with E-state index in [1.807, 2.05) is 39.0 Å². The Balaban J connectivity index is 1.60. The number of anilines is 1. The molecular formula is C24H28N2O5. The lowest BCUT2D eigenvalue weighted by atomic mass is 10.1. The number of amides is 2. The van der Waals surface area contributed by atoms with Crippen LogP contribution in [0.5, 0.6) is 11.5 Å².